The van der Waals surface area contributed by atoms with E-state index in [2.05, 4.69) is 150 Å². The van der Waals surface area contributed by atoms with Gasteiger partial charge in [0.05, 0.1) is 16.7 Å². The molecule has 15 aromatic rings. The number of hydrogen-bond acceptors (Lipinski definition) is 6. The van der Waals surface area contributed by atoms with E-state index in [0.29, 0.717) is 17.5 Å². The molecule has 5 aromatic heterocycles. The van der Waals surface area contributed by atoms with Crippen LogP contribution in [0, 0.1) is 0 Å². The van der Waals surface area contributed by atoms with Crippen molar-refractivity contribution in [3.8, 4) is 51.0 Å². The van der Waals surface area contributed by atoms with Crippen LogP contribution < -0.4 is 0 Å². The maximum absolute atomic E-state index is 6.79. The van der Waals surface area contributed by atoms with Crippen LogP contribution in [0.5, 0.6) is 0 Å². The van der Waals surface area contributed by atoms with Crippen LogP contribution in [0.3, 0.4) is 0 Å². The maximum Gasteiger partial charge on any atom is 0.164 e. The second kappa shape index (κ2) is 14.1. The SMILES string of the molecule is c1ccc2cc3c(cc2c1)c1ccccc1n3-c1ccc(-c2nc(-c3ccc4c(c3)oc3ccccc34)nc(-c3ccc4c(c3)oc3ccccc34)n2)cc1-c1cccc2c1oc1ccccc12. The average Bonchev–Trinajstić information content (AvgIpc) is 4.16. The minimum absolute atomic E-state index is 0.524. The Morgan fingerprint density at radius 2 is 0.779 bits per heavy atom. The summed E-state index contributed by atoms with van der Waals surface area (Å²) in [5, 5.41) is 11.1. The van der Waals surface area contributed by atoms with E-state index in [4.69, 9.17) is 28.2 Å². The molecule has 316 valence electrons. The summed E-state index contributed by atoms with van der Waals surface area (Å²) < 4.78 is 21.9. The molecule has 0 aliphatic carbocycles. The van der Waals surface area contributed by atoms with Gasteiger partial charge in [0.1, 0.15) is 33.5 Å². The summed E-state index contributed by atoms with van der Waals surface area (Å²) in [5.74, 6) is 1.57. The molecule has 15 rings (SSSR count). The van der Waals surface area contributed by atoms with Crippen molar-refractivity contribution in [3.63, 3.8) is 0 Å². The zero-order valence-electron chi connectivity index (χ0n) is 36.1. The Kier molecular flexibility index (Phi) is 7.65. The van der Waals surface area contributed by atoms with Crippen LogP contribution in [0.25, 0.3) is 149 Å². The number of furan rings is 3. The molecule has 0 N–H and O–H groups in total. The maximum atomic E-state index is 6.79. The fourth-order valence-electron chi connectivity index (χ4n) is 10.5. The number of benzene rings is 10. The molecule has 68 heavy (non-hydrogen) atoms. The Morgan fingerprint density at radius 1 is 0.294 bits per heavy atom. The average molecular weight is 871 g/mol. The molecule has 7 heteroatoms. The highest BCUT2D eigenvalue weighted by Crippen LogP contribution is 2.43. The van der Waals surface area contributed by atoms with Crippen molar-refractivity contribution in [1.29, 1.82) is 0 Å². The molecule has 5 heterocycles. The highest BCUT2D eigenvalue weighted by atomic mass is 16.3. The van der Waals surface area contributed by atoms with Gasteiger partial charge in [-0.05, 0) is 89.6 Å². The van der Waals surface area contributed by atoms with Gasteiger partial charge in [-0.3, -0.25) is 0 Å². The van der Waals surface area contributed by atoms with Crippen molar-refractivity contribution in [2.45, 2.75) is 0 Å². The largest absolute Gasteiger partial charge is 0.456 e. The van der Waals surface area contributed by atoms with Crippen LogP contribution in [-0.2, 0) is 0 Å². The molecule has 0 fully saturated rings. The number of para-hydroxylation sites is 5. The van der Waals surface area contributed by atoms with Crippen molar-refractivity contribution in [1.82, 2.24) is 19.5 Å². The van der Waals surface area contributed by atoms with Crippen LogP contribution in [0.15, 0.2) is 220 Å². The number of aromatic nitrogens is 4. The Bertz CT molecular complexity index is 4460. The van der Waals surface area contributed by atoms with E-state index in [9.17, 15) is 0 Å². The van der Waals surface area contributed by atoms with Gasteiger partial charge in [0, 0.05) is 70.9 Å². The van der Waals surface area contributed by atoms with Gasteiger partial charge >= 0.3 is 0 Å². The lowest BCUT2D eigenvalue weighted by Crippen LogP contribution is -2.02. The summed E-state index contributed by atoms with van der Waals surface area (Å²) in [7, 11) is 0. The highest BCUT2D eigenvalue weighted by Gasteiger charge is 2.23. The van der Waals surface area contributed by atoms with Crippen molar-refractivity contribution in [2.75, 3.05) is 0 Å². The van der Waals surface area contributed by atoms with Gasteiger partial charge in [-0.1, -0.05) is 127 Å². The first-order valence-corrected chi connectivity index (χ1v) is 22.7. The molecule has 0 aliphatic heterocycles. The van der Waals surface area contributed by atoms with E-state index in [-0.39, 0.29) is 0 Å². The lowest BCUT2D eigenvalue weighted by Gasteiger charge is -2.16. The smallest absolute Gasteiger partial charge is 0.164 e. The van der Waals surface area contributed by atoms with Crippen molar-refractivity contribution < 1.29 is 13.3 Å². The molecule has 7 nitrogen and oxygen atoms in total. The van der Waals surface area contributed by atoms with Gasteiger partial charge in [0.25, 0.3) is 0 Å². The predicted octanol–water partition coefficient (Wildman–Crippen LogP) is 16.5. The standard InChI is InChI=1S/C61H34N4O3/c1-2-13-36-32-52-48(30-35(36)12-1)40-14-3-7-20-50(40)65(52)51-29-26-37(31-49(51)47-19-11-18-46-43-17-6-10-23-55(43)68-58(46)47)59-62-60(38-24-27-44-41-15-4-8-21-53(41)66-56(44)33-38)64-61(63-59)39-25-28-45-42-16-5-9-22-54(42)67-57(45)34-39/h1-34H. The molecule has 0 amide bonds. The first kappa shape index (κ1) is 36.9. The Labute approximate surface area is 386 Å². The van der Waals surface area contributed by atoms with E-state index in [1.165, 1.54) is 21.5 Å². The predicted molar refractivity (Wildman–Crippen MR) is 275 cm³/mol. The lowest BCUT2D eigenvalue weighted by molar-refractivity contribution is 0.668. The van der Waals surface area contributed by atoms with Crippen LogP contribution >= 0.6 is 0 Å². The van der Waals surface area contributed by atoms with Gasteiger partial charge in [-0.25, -0.2) is 15.0 Å². The van der Waals surface area contributed by atoms with Gasteiger partial charge < -0.3 is 17.8 Å². The molecular weight excluding hydrogens is 837 g/mol. The van der Waals surface area contributed by atoms with Crippen LogP contribution in [-0.4, -0.2) is 19.5 Å². The number of nitrogens with zero attached hydrogens (tertiary/aromatic N) is 4. The third-order valence-electron chi connectivity index (χ3n) is 13.6. The van der Waals surface area contributed by atoms with Crippen molar-refractivity contribution in [2.24, 2.45) is 0 Å². The Morgan fingerprint density at radius 3 is 1.43 bits per heavy atom. The van der Waals surface area contributed by atoms with E-state index in [1.54, 1.807) is 0 Å². The third-order valence-corrected chi connectivity index (χ3v) is 13.6. The minimum atomic E-state index is 0.524. The second-order valence-electron chi connectivity index (χ2n) is 17.5. The number of rotatable bonds is 5. The fourth-order valence-corrected chi connectivity index (χ4v) is 10.5. The molecule has 0 bridgehead atoms. The second-order valence-corrected chi connectivity index (χ2v) is 17.5. The normalized spacial score (nSPS) is 12.1. The molecule has 0 unspecified atom stereocenters. The molecular formula is C61H34N4O3. The molecule has 0 aliphatic rings. The first-order valence-electron chi connectivity index (χ1n) is 22.7. The first-order chi connectivity index (χ1) is 33.7. The topological polar surface area (TPSA) is 83.0 Å². The minimum Gasteiger partial charge on any atom is -0.456 e. The lowest BCUT2D eigenvalue weighted by atomic mass is 9.97. The molecule has 0 saturated carbocycles. The molecule has 10 aromatic carbocycles. The van der Waals surface area contributed by atoms with E-state index < -0.39 is 0 Å². The molecule has 0 spiro atoms. The summed E-state index contributed by atoms with van der Waals surface area (Å²) in [6.07, 6.45) is 0. The number of hydrogen-bond donors (Lipinski definition) is 0. The van der Waals surface area contributed by atoms with Gasteiger partial charge in [0.2, 0.25) is 0 Å². The molecule has 0 saturated heterocycles. The molecule has 0 radical (unpaired) electrons. The van der Waals surface area contributed by atoms with Gasteiger partial charge in [-0.15, -0.1) is 0 Å². The van der Waals surface area contributed by atoms with E-state index in [0.717, 1.165) is 110 Å². The summed E-state index contributed by atoms with van der Waals surface area (Å²) in [4.78, 5) is 15.8. The van der Waals surface area contributed by atoms with Crippen LogP contribution in [0.2, 0.25) is 0 Å². The van der Waals surface area contributed by atoms with Gasteiger partial charge in [-0.2, -0.15) is 0 Å². The van der Waals surface area contributed by atoms with E-state index >= 15 is 0 Å². The van der Waals surface area contributed by atoms with Crippen molar-refractivity contribution >= 4 is 98.4 Å². The van der Waals surface area contributed by atoms with Gasteiger partial charge in [0.15, 0.2) is 17.5 Å². The monoisotopic (exact) mass is 870 g/mol. The Balaban J connectivity index is 0.998. The van der Waals surface area contributed by atoms with Crippen LogP contribution in [0.4, 0.5) is 0 Å². The summed E-state index contributed by atoms with van der Waals surface area (Å²) in [6.45, 7) is 0. The quantitative estimate of drug-likeness (QED) is 0.171. The fraction of sp³-hybridized carbons (Fsp3) is 0. The zero-order valence-corrected chi connectivity index (χ0v) is 36.1. The summed E-state index contributed by atoms with van der Waals surface area (Å²) >= 11 is 0. The van der Waals surface area contributed by atoms with Crippen LogP contribution in [0.1, 0.15) is 0 Å². The molecule has 0 atom stereocenters. The van der Waals surface area contributed by atoms with E-state index in [1.807, 2.05) is 60.7 Å². The third kappa shape index (κ3) is 5.50. The summed E-state index contributed by atoms with van der Waals surface area (Å²) in [5.41, 5.74) is 12.4. The van der Waals surface area contributed by atoms with Crippen molar-refractivity contribution in [3.05, 3.63) is 206 Å². The number of fused-ring (bicyclic) bond motifs is 13. The highest BCUT2D eigenvalue weighted by molar-refractivity contribution is 6.15. The summed E-state index contributed by atoms with van der Waals surface area (Å²) in [6, 6.07) is 71.7. The Hall–Kier alpha value is -9.33. The zero-order chi connectivity index (χ0) is 44.5.